The van der Waals surface area contributed by atoms with E-state index >= 15 is 0 Å². The van der Waals surface area contributed by atoms with Gasteiger partial charge in [-0.25, -0.2) is 4.99 Å². The summed E-state index contributed by atoms with van der Waals surface area (Å²) in [6, 6.07) is 7.84. The summed E-state index contributed by atoms with van der Waals surface area (Å²) in [6.07, 6.45) is -1.43. The van der Waals surface area contributed by atoms with Crippen molar-refractivity contribution in [2.24, 2.45) is 4.99 Å². The Morgan fingerprint density at radius 2 is 1.81 bits per heavy atom. The van der Waals surface area contributed by atoms with Crippen LogP contribution in [0.2, 0.25) is 0 Å². The van der Waals surface area contributed by atoms with Gasteiger partial charge in [0.15, 0.2) is 6.23 Å². The zero-order valence-corrected chi connectivity index (χ0v) is 13.9. The molecule has 1 unspecified atom stereocenters. The van der Waals surface area contributed by atoms with E-state index in [-0.39, 0.29) is 0 Å². The van der Waals surface area contributed by atoms with Crippen LogP contribution in [0.1, 0.15) is 11.1 Å². The summed E-state index contributed by atoms with van der Waals surface area (Å²) in [7, 11) is 0. The summed E-state index contributed by atoms with van der Waals surface area (Å²) in [4.78, 5) is 6.24. The van der Waals surface area contributed by atoms with Crippen molar-refractivity contribution in [1.82, 2.24) is 4.90 Å². The molecule has 1 aromatic rings. The Labute approximate surface area is 139 Å². The van der Waals surface area contributed by atoms with Crippen molar-refractivity contribution >= 4 is 40.6 Å². The fourth-order valence-electron chi connectivity index (χ4n) is 2.01. The van der Waals surface area contributed by atoms with Gasteiger partial charge in [0.1, 0.15) is 5.84 Å². The zero-order valence-electron chi connectivity index (χ0n) is 11.6. The lowest BCUT2D eigenvalue weighted by Gasteiger charge is -2.31. The molecule has 116 valence electrons. The molecule has 0 aromatic heterocycles. The van der Waals surface area contributed by atoms with Gasteiger partial charge < -0.3 is 14.7 Å². The van der Waals surface area contributed by atoms with Gasteiger partial charge in [-0.05, 0) is 6.92 Å². The van der Waals surface area contributed by atoms with E-state index < -0.39 is 10.0 Å². The molecule has 1 saturated heterocycles. The number of benzene rings is 1. The Morgan fingerprint density at radius 1 is 1.24 bits per heavy atom. The predicted molar refractivity (Wildman–Crippen MR) is 86.4 cm³/mol. The molecular formula is C14H17Cl3N2O2. The maximum Gasteiger partial charge on any atom is 0.236 e. The largest absolute Gasteiger partial charge is 0.378 e. The standard InChI is InChI=1S/C14H17Cl3N2O2/c1-10-2-4-11(5-3-10)12(18-13(20)14(15,16)17)19-6-8-21-9-7-19/h2-5,13,20H,6-9H2,1H3/b18-12-. The highest BCUT2D eigenvalue weighted by Gasteiger charge is 2.32. The number of aliphatic hydroxyl groups excluding tert-OH is 1. The number of morpholine rings is 1. The van der Waals surface area contributed by atoms with Gasteiger partial charge in [0, 0.05) is 18.7 Å². The van der Waals surface area contributed by atoms with Crippen molar-refractivity contribution in [3.8, 4) is 0 Å². The Balaban J connectivity index is 2.33. The Morgan fingerprint density at radius 3 is 2.33 bits per heavy atom. The predicted octanol–water partition coefficient (Wildman–Crippen LogP) is 2.76. The van der Waals surface area contributed by atoms with Crippen LogP contribution in [0.5, 0.6) is 0 Å². The molecule has 0 spiro atoms. The second-order valence-corrected chi connectivity index (χ2v) is 7.20. The highest BCUT2D eigenvalue weighted by atomic mass is 35.6. The Kier molecular flexibility index (Phi) is 5.74. The molecule has 0 radical (unpaired) electrons. The Bertz CT molecular complexity index is 494. The topological polar surface area (TPSA) is 45.1 Å². The van der Waals surface area contributed by atoms with Crippen LogP contribution in [0, 0.1) is 6.92 Å². The van der Waals surface area contributed by atoms with Crippen molar-refractivity contribution < 1.29 is 9.84 Å². The van der Waals surface area contributed by atoms with Gasteiger partial charge in [0.05, 0.1) is 13.2 Å². The number of aliphatic hydroxyl groups is 1. The third-order valence-electron chi connectivity index (χ3n) is 3.16. The molecule has 1 fully saturated rings. The first-order valence-electron chi connectivity index (χ1n) is 6.60. The van der Waals surface area contributed by atoms with E-state index in [2.05, 4.69) is 4.99 Å². The molecule has 1 aromatic carbocycles. The van der Waals surface area contributed by atoms with Gasteiger partial charge in [-0.2, -0.15) is 0 Å². The summed E-state index contributed by atoms with van der Waals surface area (Å²) in [5.41, 5.74) is 2.01. The van der Waals surface area contributed by atoms with Crippen molar-refractivity contribution in [3.05, 3.63) is 35.4 Å². The molecule has 0 bridgehead atoms. The first kappa shape index (κ1) is 16.8. The molecule has 1 heterocycles. The molecular weight excluding hydrogens is 335 g/mol. The van der Waals surface area contributed by atoms with E-state index in [1.807, 2.05) is 36.1 Å². The number of hydrogen-bond acceptors (Lipinski definition) is 3. The molecule has 1 atom stereocenters. The number of ether oxygens (including phenoxy) is 1. The van der Waals surface area contributed by atoms with Crippen LogP contribution in [0.15, 0.2) is 29.3 Å². The summed E-state index contributed by atoms with van der Waals surface area (Å²) in [5.74, 6) is 0.608. The number of aliphatic imine (C=N–C) groups is 1. The third-order valence-corrected chi connectivity index (χ3v) is 3.74. The molecule has 7 heteroatoms. The quantitative estimate of drug-likeness (QED) is 0.506. The highest BCUT2D eigenvalue weighted by molar-refractivity contribution is 6.68. The fraction of sp³-hybridized carbons (Fsp3) is 0.500. The van der Waals surface area contributed by atoms with Crippen molar-refractivity contribution in [1.29, 1.82) is 0 Å². The zero-order chi connectivity index (χ0) is 15.5. The number of rotatable bonds is 2. The summed E-state index contributed by atoms with van der Waals surface area (Å²) in [5, 5.41) is 9.96. The van der Waals surface area contributed by atoms with E-state index in [0.29, 0.717) is 32.1 Å². The lowest BCUT2D eigenvalue weighted by molar-refractivity contribution is 0.0672. The summed E-state index contributed by atoms with van der Waals surface area (Å²) >= 11 is 17.1. The Hall–Kier alpha value is -0.520. The van der Waals surface area contributed by atoms with Crippen LogP contribution in [0.4, 0.5) is 0 Å². The minimum Gasteiger partial charge on any atom is -0.378 e. The normalized spacial score (nSPS) is 18.7. The van der Waals surface area contributed by atoms with E-state index in [4.69, 9.17) is 39.5 Å². The number of alkyl halides is 3. The molecule has 0 amide bonds. The van der Waals surface area contributed by atoms with Crippen LogP contribution in [-0.2, 0) is 4.74 Å². The lowest BCUT2D eigenvalue weighted by Crippen LogP contribution is -2.42. The van der Waals surface area contributed by atoms with Gasteiger partial charge in [0.2, 0.25) is 3.79 Å². The smallest absolute Gasteiger partial charge is 0.236 e. The first-order chi connectivity index (χ1) is 9.88. The molecule has 21 heavy (non-hydrogen) atoms. The molecule has 4 nitrogen and oxygen atoms in total. The van der Waals surface area contributed by atoms with E-state index in [1.165, 1.54) is 0 Å². The maximum atomic E-state index is 9.96. The lowest BCUT2D eigenvalue weighted by atomic mass is 10.1. The maximum absolute atomic E-state index is 9.96. The minimum atomic E-state index is -1.86. The number of aryl methyl sites for hydroxylation is 1. The van der Waals surface area contributed by atoms with Crippen LogP contribution >= 0.6 is 34.8 Å². The molecule has 0 saturated carbocycles. The molecule has 1 N–H and O–H groups in total. The van der Waals surface area contributed by atoms with E-state index in [9.17, 15) is 5.11 Å². The number of nitrogens with zero attached hydrogens (tertiary/aromatic N) is 2. The number of hydrogen-bond donors (Lipinski definition) is 1. The summed E-state index contributed by atoms with van der Waals surface area (Å²) < 4.78 is 3.48. The number of amidine groups is 1. The van der Waals surface area contributed by atoms with Gasteiger partial charge in [-0.15, -0.1) is 0 Å². The second kappa shape index (κ2) is 7.16. The molecule has 0 aliphatic carbocycles. The van der Waals surface area contributed by atoms with Gasteiger partial charge in [-0.1, -0.05) is 64.6 Å². The SMILES string of the molecule is Cc1ccc(/C(=N/C(O)C(Cl)(Cl)Cl)N2CCOCC2)cc1. The van der Waals surface area contributed by atoms with Crippen molar-refractivity contribution in [2.45, 2.75) is 16.9 Å². The van der Waals surface area contributed by atoms with Gasteiger partial charge in [-0.3, -0.25) is 0 Å². The molecule has 2 rings (SSSR count). The minimum absolute atomic E-state index is 0.606. The average Bonchev–Trinajstić information content (AvgIpc) is 2.45. The van der Waals surface area contributed by atoms with E-state index in [0.717, 1.165) is 11.1 Å². The third kappa shape index (κ3) is 4.73. The van der Waals surface area contributed by atoms with Crippen LogP contribution < -0.4 is 0 Å². The highest BCUT2D eigenvalue weighted by Crippen LogP contribution is 2.31. The van der Waals surface area contributed by atoms with Crippen molar-refractivity contribution in [2.75, 3.05) is 26.3 Å². The molecule has 1 aliphatic rings. The van der Waals surface area contributed by atoms with Gasteiger partial charge in [0.25, 0.3) is 0 Å². The van der Waals surface area contributed by atoms with Crippen molar-refractivity contribution in [3.63, 3.8) is 0 Å². The monoisotopic (exact) mass is 350 g/mol. The van der Waals surface area contributed by atoms with Crippen LogP contribution in [0.3, 0.4) is 0 Å². The molecule has 1 aliphatic heterocycles. The van der Waals surface area contributed by atoms with Crippen LogP contribution in [0.25, 0.3) is 0 Å². The van der Waals surface area contributed by atoms with E-state index in [1.54, 1.807) is 0 Å². The average molecular weight is 352 g/mol. The number of halogens is 3. The van der Waals surface area contributed by atoms with Crippen LogP contribution in [-0.4, -0.2) is 52.2 Å². The fourth-order valence-corrected chi connectivity index (χ4v) is 2.15. The van der Waals surface area contributed by atoms with Gasteiger partial charge >= 0.3 is 0 Å². The first-order valence-corrected chi connectivity index (χ1v) is 7.73. The summed E-state index contributed by atoms with van der Waals surface area (Å²) in [6.45, 7) is 4.58. The second-order valence-electron chi connectivity index (χ2n) is 4.83.